The Hall–Kier alpha value is -2.29. The fourth-order valence-corrected chi connectivity index (χ4v) is 2.71. The van der Waals surface area contributed by atoms with E-state index in [2.05, 4.69) is 11.4 Å². The molecule has 0 fully saturated rings. The maximum atomic E-state index is 12.7. The van der Waals surface area contributed by atoms with Crippen molar-refractivity contribution in [3.8, 4) is 0 Å². The molecule has 1 heterocycles. The van der Waals surface area contributed by atoms with Crippen LogP contribution in [-0.2, 0) is 11.2 Å². The van der Waals surface area contributed by atoms with Crippen LogP contribution < -0.4 is 10.2 Å². The Bertz CT molecular complexity index is 584. The molecule has 0 radical (unpaired) electrons. The Morgan fingerprint density at radius 2 is 1.85 bits per heavy atom. The summed E-state index contributed by atoms with van der Waals surface area (Å²) in [5.74, 6) is 0.134. The zero-order valence-electron chi connectivity index (χ0n) is 11.5. The number of fused-ring (bicyclic) bond motifs is 1. The van der Waals surface area contributed by atoms with Gasteiger partial charge in [-0.3, -0.25) is 4.79 Å². The molecular formula is C17H18N2O. The van der Waals surface area contributed by atoms with E-state index in [1.54, 1.807) is 0 Å². The van der Waals surface area contributed by atoms with Gasteiger partial charge in [-0.1, -0.05) is 36.4 Å². The van der Waals surface area contributed by atoms with Crippen molar-refractivity contribution in [1.82, 2.24) is 0 Å². The van der Waals surface area contributed by atoms with E-state index in [0.717, 1.165) is 17.8 Å². The van der Waals surface area contributed by atoms with Crippen LogP contribution in [0.5, 0.6) is 0 Å². The Morgan fingerprint density at radius 1 is 1.15 bits per heavy atom. The highest BCUT2D eigenvalue weighted by atomic mass is 16.2. The number of likely N-dealkylation sites (N-methyl/N-ethyl adjacent to an activating group) is 1. The quantitative estimate of drug-likeness (QED) is 0.926. The van der Waals surface area contributed by atoms with Gasteiger partial charge in [0.15, 0.2) is 0 Å². The molecule has 0 saturated carbocycles. The summed E-state index contributed by atoms with van der Waals surface area (Å²) in [6.07, 6.45) is 0.762. The summed E-state index contributed by atoms with van der Waals surface area (Å²) >= 11 is 0. The second-order valence-corrected chi connectivity index (χ2v) is 4.98. The van der Waals surface area contributed by atoms with Gasteiger partial charge in [-0.2, -0.15) is 0 Å². The molecule has 1 aliphatic heterocycles. The monoisotopic (exact) mass is 266 g/mol. The smallest absolute Gasteiger partial charge is 0.249 e. The number of amides is 1. The fourth-order valence-electron chi connectivity index (χ4n) is 2.71. The van der Waals surface area contributed by atoms with Crippen molar-refractivity contribution in [2.24, 2.45) is 0 Å². The number of hydrogen-bond acceptors (Lipinski definition) is 2. The molecule has 2 aromatic rings. The summed E-state index contributed by atoms with van der Waals surface area (Å²) in [6, 6.07) is 17.8. The molecule has 3 nitrogen and oxygen atoms in total. The molecule has 0 saturated heterocycles. The highest BCUT2D eigenvalue weighted by Gasteiger charge is 2.29. The Labute approximate surface area is 119 Å². The minimum atomic E-state index is -0.160. The summed E-state index contributed by atoms with van der Waals surface area (Å²) in [5, 5.41) is 3.33. The van der Waals surface area contributed by atoms with E-state index in [1.807, 2.05) is 60.4 Å². The predicted molar refractivity (Wildman–Crippen MR) is 82.0 cm³/mol. The number of hydrogen-bond donors (Lipinski definition) is 1. The number of nitrogens with one attached hydrogen (secondary N) is 1. The van der Waals surface area contributed by atoms with Crippen LogP contribution in [-0.4, -0.2) is 18.5 Å². The van der Waals surface area contributed by atoms with Crippen LogP contribution in [0.2, 0.25) is 0 Å². The van der Waals surface area contributed by atoms with Crippen LogP contribution in [0.3, 0.4) is 0 Å². The molecule has 0 aliphatic carbocycles. The first-order valence-electron chi connectivity index (χ1n) is 7.00. The van der Waals surface area contributed by atoms with E-state index in [1.165, 1.54) is 5.56 Å². The maximum absolute atomic E-state index is 12.7. The average molecular weight is 266 g/mol. The molecule has 0 spiro atoms. The molecule has 1 N–H and O–H groups in total. The standard InChI is InChI=1S/C17H18N2O/c1-2-19(14-9-4-3-5-10-14)17(20)16-12-13-8-6-7-11-15(13)18-16/h3-11,16,18H,2,12H2,1H3. The largest absolute Gasteiger partial charge is 0.373 e. The number of carbonyl (C=O) groups excluding carboxylic acids is 1. The van der Waals surface area contributed by atoms with Gasteiger partial charge in [0.2, 0.25) is 5.91 Å². The molecule has 20 heavy (non-hydrogen) atoms. The van der Waals surface area contributed by atoms with Crippen molar-refractivity contribution in [2.75, 3.05) is 16.8 Å². The molecule has 1 unspecified atom stereocenters. The molecule has 1 atom stereocenters. The molecule has 3 heteroatoms. The number of nitrogens with zero attached hydrogens (tertiary/aromatic N) is 1. The number of para-hydroxylation sites is 2. The van der Waals surface area contributed by atoms with Crippen molar-refractivity contribution in [3.63, 3.8) is 0 Å². The van der Waals surface area contributed by atoms with Crippen molar-refractivity contribution in [1.29, 1.82) is 0 Å². The van der Waals surface area contributed by atoms with E-state index in [0.29, 0.717) is 6.54 Å². The lowest BCUT2D eigenvalue weighted by Crippen LogP contribution is -2.42. The lowest BCUT2D eigenvalue weighted by Gasteiger charge is -2.24. The summed E-state index contributed by atoms with van der Waals surface area (Å²) in [6.45, 7) is 2.68. The Balaban J connectivity index is 1.80. The van der Waals surface area contributed by atoms with Crippen molar-refractivity contribution in [3.05, 3.63) is 60.2 Å². The summed E-state index contributed by atoms with van der Waals surface area (Å²) < 4.78 is 0. The van der Waals surface area contributed by atoms with Gasteiger partial charge in [0.05, 0.1) is 0 Å². The van der Waals surface area contributed by atoms with Crippen LogP contribution in [0.4, 0.5) is 11.4 Å². The number of carbonyl (C=O) groups is 1. The molecule has 3 rings (SSSR count). The third-order valence-electron chi connectivity index (χ3n) is 3.72. The Kier molecular flexibility index (Phi) is 3.42. The van der Waals surface area contributed by atoms with Crippen molar-refractivity contribution >= 4 is 17.3 Å². The molecule has 102 valence electrons. The van der Waals surface area contributed by atoms with Gasteiger partial charge < -0.3 is 10.2 Å². The minimum Gasteiger partial charge on any atom is -0.373 e. The van der Waals surface area contributed by atoms with E-state index >= 15 is 0 Å². The molecule has 2 aromatic carbocycles. The highest BCUT2D eigenvalue weighted by Crippen LogP contribution is 2.27. The van der Waals surface area contributed by atoms with Gasteiger partial charge in [-0.25, -0.2) is 0 Å². The van der Waals surface area contributed by atoms with E-state index < -0.39 is 0 Å². The average Bonchev–Trinajstić information content (AvgIpc) is 2.93. The maximum Gasteiger partial charge on any atom is 0.249 e. The summed E-state index contributed by atoms with van der Waals surface area (Å²) in [5.41, 5.74) is 3.25. The third kappa shape index (κ3) is 2.27. The highest BCUT2D eigenvalue weighted by molar-refractivity contribution is 6.00. The van der Waals surface area contributed by atoms with Gasteiger partial charge in [-0.15, -0.1) is 0 Å². The van der Waals surface area contributed by atoms with E-state index in [4.69, 9.17) is 0 Å². The molecule has 0 bridgehead atoms. The number of benzene rings is 2. The van der Waals surface area contributed by atoms with Gasteiger partial charge in [-0.05, 0) is 30.7 Å². The first-order chi connectivity index (χ1) is 9.79. The van der Waals surface area contributed by atoms with Gasteiger partial charge in [0, 0.05) is 24.3 Å². The molecule has 1 amide bonds. The van der Waals surface area contributed by atoms with Gasteiger partial charge in [0.1, 0.15) is 6.04 Å². The first kappa shape index (κ1) is 12.7. The summed E-state index contributed by atoms with van der Waals surface area (Å²) in [4.78, 5) is 14.5. The SMILES string of the molecule is CCN(C(=O)C1Cc2ccccc2N1)c1ccccc1. The molecule has 1 aliphatic rings. The van der Waals surface area contributed by atoms with Gasteiger partial charge in [0.25, 0.3) is 0 Å². The Morgan fingerprint density at radius 3 is 2.55 bits per heavy atom. The van der Waals surface area contributed by atoms with Crippen LogP contribution in [0, 0.1) is 0 Å². The van der Waals surface area contributed by atoms with Crippen molar-refractivity contribution in [2.45, 2.75) is 19.4 Å². The summed E-state index contributed by atoms with van der Waals surface area (Å²) in [7, 11) is 0. The second kappa shape index (κ2) is 5.37. The van der Waals surface area contributed by atoms with Crippen LogP contribution >= 0.6 is 0 Å². The topological polar surface area (TPSA) is 32.3 Å². The third-order valence-corrected chi connectivity index (χ3v) is 3.72. The van der Waals surface area contributed by atoms with Crippen LogP contribution in [0.15, 0.2) is 54.6 Å². The first-order valence-corrected chi connectivity index (χ1v) is 7.00. The lowest BCUT2D eigenvalue weighted by atomic mass is 10.1. The predicted octanol–water partition coefficient (Wildman–Crippen LogP) is 3.08. The van der Waals surface area contributed by atoms with Crippen LogP contribution in [0.25, 0.3) is 0 Å². The fraction of sp³-hybridized carbons (Fsp3) is 0.235. The molecule has 0 aromatic heterocycles. The zero-order chi connectivity index (χ0) is 13.9. The number of anilines is 2. The van der Waals surface area contributed by atoms with Crippen molar-refractivity contribution < 1.29 is 4.79 Å². The zero-order valence-corrected chi connectivity index (χ0v) is 11.5. The lowest BCUT2D eigenvalue weighted by molar-refractivity contribution is -0.119. The molecular weight excluding hydrogens is 248 g/mol. The van der Waals surface area contributed by atoms with Gasteiger partial charge >= 0.3 is 0 Å². The normalized spacial score (nSPS) is 16.4. The van der Waals surface area contributed by atoms with E-state index in [-0.39, 0.29) is 11.9 Å². The number of rotatable bonds is 3. The minimum absolute atomic E-state index is 0.134. The van der Waals surface area contributed by atoms with E-state index in [9.17, 15) is 4.79 Å². The van der Waals surface area contributed by atoms with Crippen LogP contribution in [0.1, 0.15) is 12.5 Å². The second-order valence-electron chi connectivity index (χ2n) is 4.98.